The predicted molar refractivity (Wildman–Crippen MR) is 91.6 cm³/mol. The van der Waals surface area contributed by atoms with Crippen molar-refractivity contribution in [2.24, 2.45) is 0 Å². The smallest absolute Gasteiger partial charge is 0.262 e. The summed E-state index contributed by atoms with van der Waals surface area (Å²) in [5, 5.41) is 2.73. The summed E-state index contributed by atoms with van der Waals surface area (Å²) in [6.07, 6.45) is 0. The number of anilines is 1. The molecule has 0 spiro atoms. The van der Waals surface area contributed by atoms with Gasteiger partial charge in [-0.2, -0.15) is 0 Å². The first-order valence-corrected chi connectivity index (χ1v) is 7.38. The number of rotatable bonds is 6. The Balaban J connectivity index is 1.88. The fourth-order valence-electron chi connectivity index (χ4n) is 2.00. The molecular formula is C18H20N2O4. The van der Waals surface area contributed by atoms with E-state index < -0.39 is 0 Å². The first-order chi connectivity index (χ1) is 11.5. The summed E-state index contributed by atoms with van der Waals surface area (Å²) in [6, 6.07) is 13.7. The highest BCUT2D eigenvalue weighted by Gasteiger charge is 2.08. The van der Waals surface area contributed by atoms with Gasteiger partial charge in [0.1, 0.15) is 11.5 Å². The number of methoxy groups -OCH3 is 1. The second-order valence-corrected chi connectivity index (χ2v) is 5.29. The zero-order valence-corrected chi connectivity index (χ0v) is 13.9. The Morgan fingerprint density at radius 3 is 2.38 bits per heavy atom. The van der Waals surface area contributed by atoms with Gasteiger partial charge in [-0.15, -0.1) is 0 Å². The zero-order valence-electron chi connectivity index (χ0n) is 13.9. The molecule has 1 N–H and O–H groups in total. The van der Waals surface area contributed by atoms with Gasteiger partial charge in [-0.3, -0.25) is 9.59 Å². The highest BCUT2D eigenvalue weighted by Crippen LogP contribution is 2.17. The molecule has 126 valence electrons. The number of nitrogens with zero attached hydrogens (tertiary/aromatic N) is 1. The van der Waals surface area contributed by atoms with Crippen LogP contribution in [0.2, 0.25) is 0 Å². The van der Waals surface area contributed by atoms with Gasteiger partial charge in [-0.05, 0) is 36.4 Å². The molecule has 0 aliphatic rings. The highest BCUT2D eigenvalue weighted by molar-refractivity contribution is 5.94. The van der Waals surface area contributed by atoms with Gasteiger partial charge in [0, 0.05) is 31.4 Å². The Morgan fingerprint density at radius 2 is 1.75 bits per heavy atom. The number of nitrogens with one attached hydrogen (secondary N) is 1. The molecule has 0 saturated heterocycles. The molecule has 0 fully saturated rings. The lowest BCUT2D eigenvalue weighted by Crippen LogP contribution is -2.22. The highest BCUT2D eigenvalue weighted by atomic mass is 16.5. The molecule has 2 rings (SSSR count). The van der Waals surface area contributed by atoms with E-state index in [1.165, 1.54) is 4.90 Å². The SMILES string of the molecule is COc1cccc(NC(=O)COc2ccc(C(=O)N(C)C)cc2)c1. The first kappa shape index (κ1) is 17.3. The average Bonchev–Trinajstić information content (AvgIpc) is 2.60. The van der Waals surface area contributed by atoms with Gasteiger partial charge < -0.3 is 19.7 Å². The van der Waals surface area contributed by atoms with E-state index in [0.717, 1.165) is 0 Å². The number of carbonyl (C=O) groups is 2. The van der Waals surface area contributed by atoms with E-state index in [9.17, 15) is 9.59 Å². The molecule has 0 heterocycles. The van der Waals surface area contributed by atoms with E-state index >= 15 is 0 Å². The molecule has 24 heavy (non-hydrogen) atoms. The molecule has 0 aliphatic heterocycles. The van der Waals surface area contributed by atoms with Gasteiger partial charge in [0.2, 0.25) is 0 Å². The third-order valence-corrected chi connectivity index (χ3v) is 3.23. The molecule has 6 nitrogen and oxygen atoms in total. The van der Waals surface area contributed by atoms with Gasteiger partial charge in [0.15, 0.2) is 6.61 Å². The first-order valence-electron chi connectivity index (χ1n) is 7.38. The van der Waals surface area contributed by atoms with Crippen LogP contribution in [0.3, 0.4) is 0 Å². The Bertz CT molecular complexity index is 711. The standard InChI is InChI=1S/C18H20N2O4/c1-20(2)18(22)13-7-9-15(10-8-13)24-12-17(21)19-14-5-4-6-16(11-14)23-3/h4-11H,12H2,1-3H3,(H,19,21). The number of benzene rings is 2. The molecule has 0 aromatic heterocycles. The Morgan fingerprint density at radius 1 is 1.04 bits per heavy atom. The number of amides is 2. The summed E-state index contributed by atoms with van der Waals surface area (Å²) in [5.74, 6) is 0.815. The topological polar surface area (TPSA) is 67.9 Å². The van der Waals surface area contributed by atoms with Crippen molar-refractivity contribution in [3.8, 4) is 11.5 Å². The van der Waals surface area contributed by atoms with Crippen LogP contribution >= 0.6 is 0 Å². The second kappa shape index (κ2) is 8.01. The van der Waals surface area contributed by atoms with Crippen molar-refractivity contribution in [2.45, 2.75) is 0 Å². The maximum atomic E-state index is 11.9. The van der Waals surface area contributed by atoms with Crippen LogP contribution in [-0.2, 0) is 4.79 Å². The quantitative estimate of drug-likeness (QED) is 0.884. The van der Waals surface area contributed by atoms with Crippen LogP contribution in [0.15, 0.2) is 48.5 Å². The predicted octanol–water partition coefficient (Wildman–Crippen LogP) is 2.41. The number of ether oxygens (including phenoxy) is 2. The largest absolute Gasteiger partial charge is 0.497 e. The molecule has 0 bridgehead atoms. The number of hydrogen-bond acceptors (Lipinski definition) is 4. The summed E-state index contributed by atoms with van der Waals surface area (Å²) in [4.78, 5) is 25.2. The van der Waals surface area contributed by atoms with Crippen LogP contribution < -0.4 is 14.8 Å². The van der Waals surface area contributed by atoms with Crippen LogP contribution in [0.5, 0.6) is 11.5 Å². The minimum Gasteiger partial charge on any atom is -0.497 e. The lowest BCUT2D eigenvalue weighted by atomic mass is 10.2. The van der Waals surface area contributed by atoms with Gasteiger partial charge in [0.05, 0.1) is 7.11 Å². The van der Waals surface area contributed by atoms with Crippen molar-refractivity contribution in [3.05, 3.63) is 54.1 Å². The van der Waals surface area contributed by atoms with Gasteiger partial charge >= 0.3 is 0 Å². The number of hydrogen-bond donors (Lipinski definition) is 1. The normalized spacial score (nSPS) is 9.96. The second-order valence-electron chi connectivity index (χ2n) is 5.29. The van der Waals surface area contributed by atoms with E-state index in [4.69, 9.17) is 9.47 Å². The van der Waals surface area contributed by atoms with Crippen molar-refractivity contribution in [1.82, 2.24) is 4.90 Å². The monoisotopic (exact) mass is 328 g/mol. The average molecular weight is 328 g/mol. The minimum atomic E-state index is -0.281. The van der Waals surface area contributed by atoms with Crippen molar-refractivity contribution in [2.75, 3.05) is 33.1 Å². The zero-order chi connectivity index (χ0) is 17.5. The summed E-state index contributed by atoms with van der Waals surface area (Å²) in [6.45, 7) is -0.127. The molecule has 2 amide bonds. The van der Waals surface area contributed by atoms with E-state index in [-0.39, 0.29) is 18.4 Å². The summed E-state index contributed by atoms with van der Waals surface area (Å²) < 4.78 is 10.5. The van der Waals surface area contributed by atoms with Crippen molar-refractivity contribution in [1.29, 1.82) is 0 Å². The summed E-state index contributed by atoms with van der Waals surface area (Å²) >= 11 is 0. The molecule has 0 atom stereocenters. The van der Waals surface area contributed by atoms with Crippen LogP contribution in [0.1, 0.15) is 10.4 Å². The number of carbonyl (C=O) groups excluding carboxylic acids is 2. The van der Waals surface area contributed by atoms with Crippen molar-refractivity contribution < 1.29 is 19.1 Å². The molecular weight excluding hydrogens is 308 g/mol. The third-order valence-electron chi connectivity index (χ3n) is 3.23. The molecule has 0 aliphatic carbocycles. The fraction of sp³-hybridized carbons (Fsp3) is 0.222. The maximum Gasteiger partial charge on any atom is 0.262 e. The van der Waals surface area contributed by atoms with Gasteiger partial charge in [-0.25, -0.2) is 0 Å². The molecule has 6 heteroatoms. The lowest BCUT2D eigenvalue weighted by Gasteiger charge is -2.11. The van der Waals surface area contributed by atoms with E-state index in [2.05, 4.69) is 5.32 Å². The van der Waals surface area contributed by atoms with Crippen LogP contribution in [0, 0.1) is 0 Å². The molecule has 0 saturated carbocycles. The van der Waals surface area contributed by atoms with Crippen LogP contribution in [-0.4, -0.2) is 44.5 Å². The van der Waals surface area contributed by atoms with Crippen LogP contribution in [0.25, 0.3) is 0 Å². The van der Waals surface area contributed by atoms with Gasteiger partial charge in [0.25, 0.3) is 11.8 Å². The lowest BCUT2D eigenvalue weighted by molar-refractivity contribution is -0.118. The molecule has 2 aromatic rings. The third kappa shape index (κ3) is 4.74. The summed E-state index contributed by atoms with van der Waals surface area (Å²) in [7, 11) is 4.94. The minimum absolute atomic E-state index is 0.0858. The molecule has 0 radical (unpaired) electrons. The summed E-state index contributed by atoms with van der Waals surface area (Å²) in [5.41, 5.74) is 1.20. The van der Waals surface area contributed by atoms with E-state index in [1.807, 2.05) is 0 Å². The fourth-order valence-corrected chi connectivity index (χ4v) is 2.00. The van der Waals surface area contributed by atoms with E-state index in [0.29, 0.717) is 22.7 Å². The molecule has 0 unspecified atom stereocenters. The van der Waals surface area contributed by atoms with Crippen molar-refractivity contribution in [3.63, 3.8) is 0 Å². The Kier molecular flexibility index (Phi) is 5.78. The Labute approximate surface area is 141 Å². The maximum absolute atomic E-state index is 11.9. The van der Waals surface area contributed by atoms with E-state index in [1.54, 1.807) is 69.7 Å². The Hall–Kier alpha value is -3.02. The molecule has 2 aromatic carbocycles. The van der Waals surface area contributed by atoms with Gasteiger partial charge in [-0.1, -0.05) is 6.07 Å². The van der Waals surface area contributed by atoms with Crippen molar-refractivity contribution >= 4 is 17.5 Å². The van der Waals surface area contributed by atoms with Crippen LogP contribution in [0.4, 0.5) is 5.69 Å².